The predicted octanol–water partition coefficient (Wildman–Crippen LogP) is 2.92. The number of ether oxygens (including phenoxy) is 2. The Labute approximate surface area is 113 Å². The van der Waals surface area contributed by atoms with E-state index in [1.165, 1.54) is 12.1 Å². The number of alkyl halides is 2. The van der Waals surface area contributed by atoms with Gasteiger partial charge in [0.15, 0.2) is 0 Å². The van der Waals surface area contributed by atoms with E-state index in [-0.39, 0.29) is 34.9 Å². The van der Waals surface area contributed by atoms with E-state index in [0.717, 1.165) is 0 Å². The molecule has 0 atom stereocenters. The van der Waals surface area contributed by atoms with E-state index in [4.69, 9.17) is 21.6 Å². The van der Waals surface area contributed by atoms with Crippen molar-refractivity contribution in [3.05, 3.63) is 28.3 Å². The first-order chi connectivity index (χ1) is 8.97. The van der Waals surface area contributed by atoms with E-state index in [2.05, 4.69) is 4.74 Å². The minimum Gasteiger partial charge on any atom is -0.466 e. The van der Waals surface area contributed by atoms with Crippen molar-refractivity contribution in [2.45, 2.75) is 20.0 Å². The lowest BCUT2D eigenvalue weighted by Crippen LogP contribution is -2.11. The Hall–Kier alpha value is -1.87. The van der Waals surface area contributed by atoms with Crippen LogP contribution in [0.25, 0.3) is 0 Å². The highest BCUT2D eigenvalue weighted by molar-refractivity contribution is 6.32. The van der Waals surface area contributed by atoms with E-state index in [1.807, 2.05) is 6.07 Å². The van der Waals surface area contributed by atoms with Crippen molar-refractivity contribution in [3.8, 4) is 11.8 Å². The van der Waals surface area contributed by atoms with Gasteiger partial charge in [0.2, 0.25) is 0 Å². The molecule has 0 bridgehead atoms. The maximum atomic E-state index is 12.3. The van der Waals surface area contributed by atoms with Gasteiger partial charge in [-0.15, -0.1) is 0 Å². The zero-order valence-electron chi connectivity index (χ0n) is 9.95. The van der Waals surface area contributed by atoms with Gasteiger partial charge in [0.1, 0.15) is 5.75 Å². The Balaban J connectivity index is 3.13. The lowest BCUT2D eigenvalue weighted by Gasteiger charge is -2.12. The van der Waals surface area contributed by atoms with Crippen molar-refractivity contribution >= 4 is 17.6 Å². The summed E-state index contributed by atoms with van der Waals surface area (Å²) < 4.78 is 33.6. The molecule has 7 heteroatoms. The first kappa shape index (κ1) is 15.2. The zero-order valence-corrected chi connectivity index (χ0v) is 10.7. The average Bonchev–Trinajstić information content (AvgIpc) is 2.33. The molecule has 4 nitrogen and oxygen atoms in total. The van der Waals surface area contributed by atoms with Gasteiger partial charge in [-0.05, 0) is 19.1 Å². The Morgan fingerprint density at radius 3 is 2.74 bits per heavy atom. The predicted molar refractivity (Wildman–Crippen MR) is 63.1 cm³/mol. The van der Waals surface area contributed by atoms with Crippen LogP contribution in [0.1, 0.15) is 18.1 Å². The molecular weight excluding hydrogens is 280 g/mol. The monoisotopic (exact) mass is 289 g/mol. The van der Waals surface area contributed by atoms with Gasteiger partial charge >= 0.3 is 12.6 Å². The summed E-state index contributed by atoms with van der Waals surface area (Å²) in [5.41, 5.74) is 0.230. The summed E-state index contributed by atoms with van der Waals surface area (Å²) in [5, 5.41) is 8.63. The lowest BCUT2D eigenvalue weighted by atomic mass is 10.1. The second-order valence-electron chi connectivity index (χ2n) is 3.42. The maximum absolute atomic E-state index is 12.3. The SMILES string of the molecule is CCOC(=O)Cc1cc(C#N)cc(Cl)c1OC(F)F. The van der Waals surface area contributed by atoms with Gasteiger partial charge < -0.3 is 9.47 Å². The normalized spacial score (nSPS) is 10.1. The molecule has 0 heterocycles. The Bertz CT molecular complexity index is 514. The summed E-state index contributed by atoms with van der Waals surface area (Å²) >= 11 is 5.76. The number of carbonyl (C=O) groups is 1. The Kier molecular flexibility index (Phi) is 5.52. The number of hydrogen-bond donors (Lipinski definition) is 0. The highest BCUT2D eigenvalue weighted by Gasteiger charge is 2.18. The molecule has 102 valence electrons. The summed E-state index contributed by atoms with van der Waals surface area (Å²) in [6.07, 6.45) is -0.300. The van der Waals surface area contributed by atoms with Crippen LogP contribution in [0.2, 0.25) is 5.02 Å². The highest BCUT2D eigenvalue weighted by Crippen LogP contribution is 2.32. The average molecular weight is 290 g/mol. The van der Waals surface area contributed by atoms with Crippen molar-refractivity contribution in [1.82, 2.24) is 0 Å². The third-order valence-electron chi connectivity index (χ3n) is 2.10. The molecule has 1 aromatic rings. The van der Waals surface area contributed by atoms with Crippen molar-refractivity contribution in [1.29, 1.82) is 5.26 Å². The van der Waals surface area contributed by atoms with Crippen LogP contribution in [0.5, 0.6) is 5.75 Å². The molecular formula is C12H10ClF2NO3. The van der Waals surface area contributed by atoms with E-state index in [0.29, 0.717) is 0 Å². The van der Waals surface area contributed by atoms with Gasteiger partial charge in [-0.25, -0.2) is 0 Å². The number of nitriles is 1. The third-order valence-corrected chi connectivity index (χ3v) is 2.38. The first-order valence-electron chi connectivity index (χ1n) is 5.30. The molecule has 0 amide bonds. The van der Waals surface area contributed by atoms with Crippen molar-refractivity contribution in [3.63, 3.8) is 0 Å². The highest BCUT2D eigenvalue weighted by atomic mass is 35.5. The number of nitrogens with zero attached hydrogens (tertiary/aromatic N) is 1. The van der Waals surface area contributed by atoms with Gasteiger partial charge in [0.25, 0.3) is 0 Å². The van der Waals surface area contributed by atoms with E-state index < -0.39 is 12.6 Å². The topological polar surface area (TPSA) is 59.3 Å². The van der Waals surface area contributed by atoms with E-state index in [9.17, 15) is 13.6 Å². The second-order valence-corrected chi connectivity index (χ2v) is 3.83. The molecule has 1 aromatic carbocycles. The molecule has 0 aliphatic heterocycles. The van der Waals surface area contributed by atoms with Crippen molar-refractivity contribution < 1.29 is 23.0 Å². The smallest absolute Gasteiger partial charge is 0.387 e. The number of halogens is 3. The molecule has 0 radical (unpaired) electrons. The van der Waals surface area contributed by atoms with E-state index in [1.54, 1.807) is 6.92 Å². The van der Waals surface area contributed by atoms with Gasteiger partial charge in [-0.3, -0.25) is 4.79 Å². The third kappa shape index (κ3) is 4.38. The molecule has 1 rings (SSSR count). The zero-order chi connectivity index (χ0) is 14.4. The number of benzene rings is 1. The fraction of sp³-hybridized carbons (Fsp3) is 0.333. The molecule has 0 fully saturated rings. The van der Waals surface area contributed by atoms with Crippen LogP contribution in [0.4, 0.5) is 8.78 Å². The number of hydrogen-bond acceptors (Lipinski definition) is 4. The summed E-state index contributed by atoms with van der Waals surface area (Å²) in [7, 11) is 0. The van der Waals surface area contributed by atoms with Gasteiger partial charge in [-0.1, -0.05) is 11.6 Å². The molecule has 0 saturated heterocycles. The standard InChI is InChI=1S/C12H10ClF2NO3/c1-2-18-10(17)5-8-3-7(6-16)4-9(13)11(8)19-12(14)15/h3-4,12H,2,5H2,1H3. The van der Waals surface area contributed by atoms with Crippen LogP contribution in [0.3, 0.4) is 0 Å². The fourth-order valence-corrected chi connectivity index (χ4v) is 1.72. The van der Waals surface area contributed by atoms with Crippen LogP contribution in [-0.4, -0.2) is 19.2 Å². The second kappa shape index (κ2) is 6.90. The van der Waals surface area contributed by atoms with Crippen LogP contribution in [-0.2, 0) is 16.0 Å². The Morgan fingerprint density at radius 1 is 1.53 bits per heavy atom. The molecule has 19 heavy (non-hydrogen) atoms. The van der Waals surface area contributed by atoms with Gasteiger partial charge in [0, 0.05) is 5.56 Å². The minimum atomic E-state index is -3.08. The van der Waals surface area contributed by atoms with Crippen LogP contribution in [0, 0.1) is 11.3 Å². The van der Waals surface area contributed by atoms with Crippen LogP contribution >= 0.6 is 11.6 Å². The fourth-order valence-electron chi connectivity index (χ4n) is 1.43. The molecule has 0 aromatic heterocycles. The molecule has 0 unspecified atom stereocenters. The maximum Gasteiger partial charge on any atom is 0.387 e. The van der Waals surface area contributed by atoms with Gasteiger partial charge in [0.05, 0.1) is 29.7 Å². The molecule has 0 N–H and O–H groups in total. The number of rotatable bonds is 5. The number of carbonyl (C=O) groups excluding carboxylic acids is 1. The summed E-state index contributed by atoms with van der Waals surface area (Å²) in [5.74, 6) is -0.934. The van der Waals surface area contributed by atoms with E-state index >= 15 is 0 Å². The van der Waals surface area contributed by atoms with Crippen LogP contribution < -0.4 is 4.74 Å². The quantitative estimate of drug-likeness (QED) is 0.782. The first-order valence-corrected chi connectivity index (χ1v) is 5.68. The minimum absolute atomic E-state index is 0.0859. The Morgan fingerprint density at radius 2 is 2.21 bits per heavy atom. The summed E-state index contributed by atoms with van der Waals surface area (Å²) in [4.78, 5) is 11.4. The molecule has 0 aliphatic rings. The van der Waals surface area contributed by atoms with Crippen molar-refractivity contribution in [2.24, 2.45) is 0 Å². The largest absolute Gasteiger partial charge is 0.466 e. The molecule has 0 spiro atoms. The molecule has 0 saturated carbocycles. The lowest BCUT2D eigenvalue weighted by molar-refractivity contribution is -0.142. The van der Waals surface area contributed by atoms with Gasteiger partial charge in [-0.2, -0.15) is 14.0 Å². The summed E-state index contributed by atoms with van der Waals surface area (Å²) in [6, 6.07) is 4.27. The van der Waals surface area contributed by atoms with Crippen LogP contribution in [0.15, 0.2) is 12.1 Å². The molecule has 0 aliphatic carbocycles. The number of esters is 1. The summed E-state index contributed by atoms with van der Waals surface area (Å²) in [6.45, 7) is -1.30. The van der Waals surface area contributed by atoms with Crippen molar-refractivity contribution in [2.75, 3.05) is 6.61 Å².